The van der Waals surface area contributed by atoms with E-state index in [1.165, 1.54) is 33.4 Å². The molecule has 0 fully saturated rings. The lowest BCUT2D eigenvalue weighted by Gasteiger charge is -2.34. The summed E-state index contributed by atoms with van der Waals surface area (Å²) in [4.78, 5) is 0. The van der Waals surface area contributed by atoms with Gasteiger partial charge in [-0.2, -0.15) is 0 Å². The largest absolute Gasteiger partial charge is 0.393 e. The third-order valence-electron chi connectivity index (χ3n) is 8.68. The van der Waals surface area contributed by atoms with Gasteiger partial charge < -0.3 is 10.2 Å². The van der Waals surface area contributed by atoms with Crippen LogP contribution in [-0.4, -0.2) is 22.4 Å². The van der Waals surface area contributed by atoms with Crippen LogP contribution in [0, 0.1) is 34.5 Å². The van der Waals surface area contributed by atoms with Gasteiger partial charge in [-0.3, -0.25) is 0 Å². The first-order chi connectivity index (χ1) is 19.6. The summed E-state index contributed by atoms with van der Waals surface area (Å²) in [6.07, 6.45) is 18.2. The zero-order valence-corrected chi connectivity index (χ0v) is 28.4. The molecule has 2 atom stereocenters. The van der Waals surface area contributed by atoms with Crippen LogP contribution in [0.3, 0.4) is 0 Å². The fourth-order valence-electron chi connectivity index (χ4n) is 6.47. The fraction of sp³-hybridized carbons (Fsp3) is 0.600. The van der Waals surface area contributed by atoms with Gasteiger partial charge in [0.1, 0.15) is 0 Å². The molecule has 2 nitrogen and oxygen atoms in total. The molecule has 2 heteroatoms. The highest BCUT2D eigenvalue weighted by Gasteiger charge is 2.33. The monoisotopic (exact) mass is 570 g/mol. The fourth-order valence-corrected chi connectivity index (χ4v) is 6.47. The van der Waals surface area contributed by atoms with Crippen LogP contribution in [0.2, 0.25) is 0 Å². The van der Waals surface area contributed by atoms with Gasteiger partial charge in [0.05, 0.1) is 12.2 Å². The Morgan fingerprint density at radius 1 is 0.643 bits per heavy atom. The smallest absolute Gasteiger partial charge is 0.0586 e. The number of hydrogen-bond acceptors (Lipinski definition) is 2. The molecular formula is C40H58O2. The minimum atomic E-state index is -0.243. The van der Waals surface area contributed by atoms with E-state index in [0.29, 0.717) is 0 Å². The molecule has 0 amide bonds. The molecule has 2 aliphatic carbocycles. The summed E-state index contributed by atoms with van der Waals surface area (Å²) in [7, 11) is 0. The van der Waals surface area contributed by atoms with Crippen molar-refractivity contribution < 1.29 is 10.2 Å². The van der Waals surface area contributed by atoms with Crippen LogP contribution in [0.4, 0.5) is 0 Å². The normalized spacial score (nSPS) is 23.3. The van der Waals surface area contributed by atoms with Crippen LogP contribution in [0.25, 0.3) is 0 Å². The van der Waals surface area contributed by atoms with E-state index in [4.69, 9.17) is 0 Å². The summed E-state index contributed by atoms with van der Waals surface area (Å²) in [5.74, 6) is 13.6. The molecule has 0 aromatic heterocycles. The van der Waals surface area contributed by atoms with Crippen molar-refractivity contribution in [2.75, 3.05) is 0 Å². The molecule has 42 heavy (non-hydrogen) atoms. The molecule has 0 saturated carbocycles. The Morgan fingerprint density at radius 2 is 1.00 bits per heavy atom. The highest BCUT2D eigenvalue weighted by molar-refractivity contribution is 5.45. The summed E-state index contributed by atoms with van der Waals surface area (Å²) in [6.45, 7) is 21.6. The average Bonchev–Trinajstić information content (AvgIpc) is 2.84. The predicted molar refractivity (Wildman–Crippen MR) is 182 cm³/mol. The molecule has 0 heterocycles. The molecular weight excluding hydrogens is 512 g/mol. The topological polar surface area (TPSA) is 40.5 Å². The summed E-state index contributed by atoms with van der Waals surface area (Å²) in [6, 6.07) is 0. The van der Waals surface area contributed by atoms with Crippen LogP contribution in [0.1, 0.15) is 133 Å². The third kappa shape index (κ3) is 12.0. The standard InChI is InChI=1S/C40H58O2/c1-29(17-13-19-31(3)21-23-37-33(5)25-35(41)27-39(37,7)8)15-11-12-16-30(2)18-14-20-32(4)22-24-38-34(6)26-36(42)28-40(38,9)10/h15-16,19-20,35-36,41-42H,11-14,17-18,25-28H2,1-10H3/b29-15+,30-16+,31-19+,32-20+/t35-,36-/m1/s1. The number of aliphatic hydroxyl groups is 2. The molecule has 230 valence electrons. The van der Waals surface area contributed by atoms with Crippen LogP contribution in [0.15, 0.2) is 68.9 Å². The van der Waals surface area contributed by atoms with Gasteiger partial charge in [0, 0.05) is 22.0 Å². The Morgan fingerprint density at radius 3 is 1.33 bits per heavy atom. The summed E-state index contributed by atoms with van der Waals surface area (Å²) in [5.41, 5.74) is 9.90. The van der Waals surface area contributed by atoms with E-state index >= 15 is 0 Å². The maximum Gasteiger partial charge on any atom is 0.0586 e. The van der Waals surface area contributed by atoms with Crippen LogP contribution in [-0.2, 0) is 0 Å². The van der Waals surface area contributed by atoms with Gasteiger partial charge in [0.25, 0.3) is 0 Å². The van der Waals surface area contributed by atoms with Crippen molar-refractivity contribution in [1.29, 1.82) is 0 Å². The lowest BCUT2D eigenvalue weighted by molar-refractivity contribution is 0.116. The average molecular weight is 571 g/mol. The zero-order valence-electron chi connectivity index (χ0n) is 28.4. The molecule has 0 spiro atoms. The second-order valence-electron chi connectivity index (χ2n) is 14.2. The first-order valence-electron chi connectivity index (χ1n) is 16.1. The lowest BCUT2D eigenvalue weighted by Crippen LogP contribution is -2.28. The molecule has 0 aromatic rings. The summed E-state index contributed by atoms with van der Waals surface area (Å²) >= 11 is 0. The first kappa shape index (κ1) is 35.7. The van der Waals surface area contributed by atoms with Crippen LogP contribution in [0.5, 0.6) is 0 Å². The highest BCUT2D eigenvalue weighted by atomic mass is 16.3. The van der Waals surface area contributed by atoms with E-state index in [1.54, 1.807) is 0 Å². The quantitative estimate of drug-likeness (QED) is 0.164. The number of unbranched alkanes of at least 4 members (excludes halogenated alkanes) is 1. The summed E-state index contributed by atoms with van der Waals surface area (Å²) < 4.78 is 0. The number of hydrogen-bond donors (Lipinski definition) is 2. The molecule has 0 bridgehead atoms. The highest BCUT2D eigenvalue weighted by Crippen LogP contribution is 2.40. The Hall–Kier alpha value is -2.52. The molecule has 0 saturated heterocycles. The molecule has 2 rings (SSSR count). The number of aliphatic hydroxyl groups excluding tert-OH is 2. The second-order valence-corrected chi connectivity index (χ2v) is 14.2. The molecule has 0 aromatic carbocycles. The third-order valence-corrected chi connectivity index (χ3v) is 8.68. The van der Waals surface area contributed by atoms with E-state index in [2.05, 4.69) is 117 Å². The van der Waals surface area contributed by atoms with E-state index < -0.39 is 0 Å². The van der Waals surface area contributed by atoms with Gasteiger partial charge >= 0.3 is 0 Å². The zero-order chi connectivity index (χ0) is 31.5. The van der Waals surface area contributed by atoms with Crippen molar-refractivity contribution >= 4 is 0 Å². The van der Waals surface area contributed by atoms with Crippen molar-refractivity contribution in [3.63, 3.8) is 0 Å². The van der Waals surface area contributed by atoms with E-state index in [-0.39, 0.29) is 23.0 Å². The second kappa shape index (κ2) is 16.4. The maximum atomic E-state index is 10.1. The molecule has 0 aliphatic heterocycles. The van der Waals surface area contributed by atoms with Crippen LogP contribution >= 0.6 is 0 Å². The number of rotatable bonds is 9. The van der Waals surface area contributed by atoms with Gasteiger partial charge in [-0.25, -0.2) is 0 Å². The SMILES string of the molecule is CC1=C(C#C/C(C)=C/CC/C(C)=C/CC/C=C(\C)CC/C=C(\C)C#CC2=C(C)C[C@@H](O)CC2(C)C)C(C)(C)C[C@H](O)C1. The van der Waals surface area contributed by atoms with Crippen molar-refractivity contribution in [2.24, 2.45) is 10.8 Å². The van der Waals surface area contributed by atoms with Gasteiger partial charge in [-0.15, -0.1) is 0 Å². The maximum absolute atomic E-state index is 10.1. The van der Waals surface area contributed by atoms with Gasteiger partial charge in [0.15, 0.2) is 0 Å². The lowest BCUT2D eigenvalue weighted by atomic mass is 9.72. The van der Waals surface area contributed by atoms with Crippen molar-refractivity contribution in [2.45, 2.75) is 146 Å². The van der Waals surface area contributed by atoms with Gasteiger partial charge in [-0.1, -0.05) is 98.0 Å². The van der Waals surface area contributed by atoms with Crippen LogP contribution < -0.4 is 0 Å². The molecule has 0 unspecified atom stereocenters. The van der Waals surface area contributed by atoms with Crippen molar-refractivity contribution in [3.05, 3.63) is 68.9 Å². The minimum absolute atomic E-state index is 0.0542. The van der Waals surface area contributed by atoms with Crippen molar-refractivity contribution in [1.82, 2.24) is 0 Å². The van der Waals surface area contributed by atoms with E-state index in [0.717, 1.165) is 75.4 Å². The minimum Gasteiger partial charge on any atom is -0.393 e. The first-order valence-corrected chi connectivity index (χ1v) is 16.1. The van der Waals surface area contributed by atoms with Crippen molar-refractivity contribution in [3.8, 4) is 23.7 Å². The Bertz CT molecular complexity index is 1160. The Labute approximate surface area is 258 Å². The van der Waals surface area contributed by atoms with E-state index in [1.807, 2.05) is 0 Å². The molecule has 2 N–H and O–H groups in total. The molecule has 0 radical (unpaired) electrons. The molecule has 2 aliphatic rings. The van der Waals surface area contributed by atoms with Gasteiger partial charge in [0.2, 0.25) is 0 Å². The Kier molecular flexibility index (Phi) is 13.9. The summed E-state index contributed by atoms with van der Waals surface area (Å²) in [5, 5.41) is 20.2. The Balaban J connectivity index is 1.76. The predicted octanol–water partition coefficient (Wildman–Crippen LogP) is 10.1. The van der Waals surface area contributed by atoms with E-state index in [9.17, 15) is 10.2 Å². The van der Waals surface area contributed by atoms with Gasteiger partial charge in [-0.05, 0) is 117 Å². The number of allylic oxidation sites excluding steroid dienone is 10.